The second-order valence-electron chi connectivity index (χ2n) is 5.16. The van der Waals surface area contributed by atoms with E-state index >= 15 is 0 Å². The molecule has 0 radical (unpaired) electrons. The van der Waals surface area contributed by atoms with Crippen LogP contribution in [-0.2, 0) is 0 Å². The number of aryl methyl sites for hydroxylation is 1. The van der Waals surface area contributed by atoms with Crippen LogP contribution in [0, 0.1) is 18.6 Å². The number of benzene rings is 3. The van der Waals surface area contributed by atoms with Gasteiger partial charge in [-0.3, -0.25) is 0 Å². The van der Waals surface area contributed by atoms with Gasteiger partial charge in [0.25, 0.3) is 0 Å². The molecule has 106 valence electrons. The number of hydrogen-bond donors (Lipinski definition) is 1. The molecule has 0 aliphatic carbocycles. The smallest absolute Gasteiger partial charge is 0.131 e. The third-order valence-corrected chi connectivity index (χ3v) is 3.81. The molecule has 0 spiro atoms. The SMILES string of the molecule is Cc1ccc(C(N)c2ccc(F)cc2F)c2ccccc12. The Labute approximate surface area is 122 Å². The lowest BCUT2D eigenvalue weighted by molar-refractivity contribution is 0.566. The van der Waals surface area contributed by atoms with Gasteiger partial charge in [-0.25, -0.2) is 8.78 Å². The van der Waals surface area contributed by atoms with E-state index in [4.69, 9.17) is 5.73 Å². The summed E-state index contributed by atoms with van der Waals surface area (Å²) < 4.78 is 27.0. The van der Waals surface area contributed by atoms with Crippen LogP contribution < -0.4 is 5.73 Å². The van der Waals surface area contributed by atoms with Crippen LogP contribution >= 0.6 is 0 Å². The summed E-state index contributed by atoms with van der Waals surface area (Å²) in [6, 6.07) is 14.6. The lowest BCUT2D eigenvalue weighted by Gasteiger charge is -2.17. The lowest BCUT2D eigenvalue weighted by atomic mass is 9.92. The van der Waals surface area contributed by atoms with Crippen molar-refractivity contribution >= 4 is 10.8 Å². The largest absolute Gasteiger partial charge is 0.320 e. The van der Waals surface area contributed by atoms with Crippen LogP contribution in [0.2, 0.25) is 0 Å². The molecule has 0 aromatic heterocycles. The molecule has 3 heteroatoms. The first kappa shape index (κ1) is 13.7. The number of halogens is 2. The molecule has 3 rings (SSSR count). The van der Waals surface area contributed by atoms with Crippen molar-refractivity contribution in [1.82, 2.24) is 0 Å². The zero-order valence-corrected chi connectivity index (χ0v) is 11.6. The van der Waals surface area contributed by atoms with Crippen LogP contribution in [0.3, 0.4) is 0 Å². The van der Waals surface area contributed by atoms with Gasteiger partial charge in [-0.05, 0) is 34.9 Å². The third kappa shape index (κ3) is 2.41. The number of rotatable bonds is 2. The molecule has 0 heterocycles. The highest BCUT2D eigenvalue weighted by Gasteiger charge is 2.17. The van der Waals surface area contributed by atoms with Crippen molar-refractivity contribution in [3.8, 4) is 0 Å². The highest BCUT2D eigenvalue weighted by molar-refractivity contribution is 5.89. The van der Waals surface area contributed by atoms with Crippen molar-refractivity contribution in [2.45, 2.75) is 13.0 Å². The summed E-state index contributed by atoms with van der Waals surface area (Å²) in [4.78, 5) is 0. The predicted molar refractivity (Wildman–Crippen MR) is 81.1 cm³/mol. The maximum Gasteiger partial charge on any atom is 0.131 e. The van der Waals surface area contributed by atoms with Crippen LogP contribution in [-0.4, -0.2) is 0 Å². The molecule has 0 saturated carbocycles. The third-order valence-electron chi connectivity index (χ3n) is 3.81. The first-order valence-corrected chi connectivity index (χ1v) is 6.76. The van der Waals surface area contributed by atoms with Crippen molar-refractivity contribution in [2.24, 2.45) is 5.73 Å². The molecule has 3 aromatic rings. The van der Waals surface area contributed by atoms with Gasteiger partial charge in [-0.1, -0.05) is 42.5 Å². The van der Waals surface area contributed by atoms with Gasteiger partial charge in [-0.15, -0.1) is 0 Å². The minimum atomic E-state index is -0.629. The highest BCUT2D eigenvalue weighted by Crippen LogP contribution is 2.30. The zero-order chi connectivity index (χ0) is 15.0. The molecule has 0 aliphatic rings. The van der Waals surface area contributed by atoms with Crippen molar-refractivity contribution < 1.29 is 8.78 Å². The Morgan fingerprint density at radius 2 is 1.52 bits per heavy atom. The Hall–Kier alpha value is -2.26. The van der Waals surface area contributed by atoms with Crippen LogP contribution in [0.4, 0.5) is 8.78 Å². The Bertz CT molecular complexity index is 811. The van der Waals surface area contributed by atoms with Gasteiger partial charge < -0.3 is 5.73 Å². The first-order valence-electron chi connectivity index (χ1n) is 6.76. The molecule has 21 heavy (non-hydrogen) atoms. The van der Waals surface area contributed by atoms with Gasteiger partial charge >= 0.3 is 0 Å². The highest BCUT2D eigenvalue weighted by atomic mass is 19.1. The Morgan fingerprint density at radius 1 is 0.857 bits per heavy atom. The van der Waals surface area contributed by atoms with Gasteiger partial charge in [0.05, 0.1) is 6.04 Å². The summed E-state index contributed by atoms with van der Waals surface area (Å²) in [5.41, 5.74) is 8.49. The van der Waals surface area contributed by atoms with E-state index in [-0.39, 0.29) is 0 Å². The summed E-state index contributed by atoms with van der Waals surface area (Å²) in [6.07, 6.45) is 0. The molecule has 1 nitrogen and oxygen atoms in total. The maximum atomic E-state index is 13.9. The molecule has 0 aliphatic heterocycles. The molecule has 2 N–H and O–H groups in total. The van der Waals surface area contributed by atoms with Gasteiger partial charge in [0.2, 0.25) is 0 Å². The monoisotopic (exact) mass is 283 g/mol. The molecule has 0 bridgehead atoms. The molecule has 3 aromatic carbocycles. The second kappa shape index (κ2) is 5.26. The van der Waals surface area contributed by atoms with Gasteiger partial charge in [0, 0.05) is 11.6 Å². The molecule has 1 unspecified atom stereocenters. The minimum absolute atomic E-state index is 0.297. The van der Waals surface area contributed by atoms with Gasteiger partial charge in [-0.2, -0.15) is 0 Å². The molecule has 0 amide bonds. The van der Waals surface area contributed by atoms with Gasteiger partial charge in [0.15, 0.2) is 0 Å². The van der Waals surface area contributed by atoms with Crippen LogP contribution in [0.15, 0.2) is 54.6 Å². The summed E-state index contributed by atoms with van der Waals surface area (Å²) in [5, 5.41) is 2.08. The van der Waals surface area contributed by atoms with Crippen molar-refractivity contribution in [3.05, 3.63) is 82.9 Å². The van der Waals surface area contributed by atoms with E-state index in [1.165, 1.54) is 12.1 Å². The van der Waals surface area contributed by atoms with E-state index in [2.05, 4.69) is 0 Å². The Balaban J connectivity index is 2.18. The Morgan fingerprint density at radius 3 is 2.24 bits per heavy atom. The molecular formula is C18H15F2N. The standard InChI is InChI=1S/C18H15F2N/c1-11-6-8-15(14-5-3-2-4-13(11)14)18(21)16-9-7-12(19)10-17(16)20/h2-10,18H,21H2,1H3. The Kier molecular flexibility index (Phi) is 3.43. The molecule has 0 fully saturated rings. The number of fused-ring (bicyclic) bond motifs is 1. The van der Waals surface area contributed by atoms with E-state index in [0.29, 0.717) is 5.56 Å². The van der Waals surface area contributed by atoms with Crippen molar-refractivity contribution in [1.29, 1.82) is 0 Å². The van der Waals surface area contributed by atoms with E-state index < -0.39 is 17.7 Å². The summed E-state index contributed by atoms with van der Waals surface area (Å²) >= 11 is 0. The maximum absolute atomic E-state index is 13.9. The fraction of sp³-hybridized carbons (Fsp3) is 0.111. The van der Waals surface area contributed by atoms with Crippen molar-refractivity contribution in [2.75, 3.05) is 0 Å². The van der Waals surface area contributed by atoms with E-state index in [1.54, 1.807) is 0 Å². The van der Waals surface area contributed by atoms with Crippen molar-refractivity contribution in [3.63, 3.8) is 0 Å². The average molecular weight is 283 g/mol. The van der Waals surface area contributed by atoms with E-state index in [9.17, 15) is 8.78 Å². The van der Waals surface area contributed by atoms with Crippen LogP contribution in [0.5, 0.6) is 0 Å². The molecular weight excluding hydrogens is 268 g/mol. The quantitative estimate of drug-likeness (QED) is 0.737. The average Bonchev–Trinajstić information content (AvgIpc) is 2.47. The topological polar surface area (TPSA) is 26.0 Å². The van der Waals surface area contributed by atoms with Crippen LogP contribution in [0.25, 0.3) is 10.8 Å². The number of nitrogens with two attached hydrogens (primary N) is 1. The van der Waals surface area contributed by atoms with Gasteiger partial charge in [0.1, 0.15) is 11.6 Å². The summed E-state index contributed by atoms with van der Waals surface area (Å²) in [7, 11) is 0. The van der Waals surface area contributed by atoms with Crippen LogP contribution in [0.1, 0.15) is 22.7 Å². The molecule has 1 atom stereocenters. The zero-order valence-electron chi connectivity index (χ0n) is 11.6. The second-order valence-corrected chi connectivity index (χ2v) is 5.16. The van der Waals surface area contributed by atoms with E-state index in [1.807, 2.05) is 43.3 Å². The minimum Gasteiger partial charge on any atom is -0.320 e. The number of hydrogen-bond acceptors (Lipinski definition) is 1. The van der Waals surface area contributed by atoms with E-state index in [0.717, 1.165) is 28.0 Å². The lowest BCUT2D eigenvalue weighted by Crippen LogP contribution is -2.14. The summed E-state index contributed by atoms with van der Waals surface area (Å²) in [5.74, 6) is -1.22. The fourth-order valence-electron chi connectivity index (χ4n) is 2.67. The fourth-order valence-corrected chi connectivity index (χ4v) is 2.67. The summed E-state index contributed by atoms with van der Waals surface area (Å²) in [6.45, 7) is 2.02. The first-order chi connectivity index (χ1) is 10.1. The molecule has 0 saturated heterocycles. The normalized spacial score (nSPS) is 12.6. The predicted octanol–water partition coefficient (Wildman–Crippen LogP) is 4.47.